The molecule has 0 aliphatic rings. The van der Waals surface area contributed by atoms with Crippen molar-refractivity contribution in [3.05, 3.63) is 81.4 Å². The number of nitrogens with one attached hydrogen (secondary N) is 1. The van der Waals surface area contributed by atoms with Crippen molar-refractivity contribution < 1.29 is 14.3 Å². The summed E-state index contributed by atoms with van der Waals surface area (Å²) >= 11 is 1.41. The predicted molar refractivity (Wildman–Crippen MR) is 89.4 cm³/mol. The molecule has 0 bridgehead atoms. The highest BCUT2D eigenvalue weighted by Gasteiger charge is 2.16. The van der Waals surface area contributed by atoms with Gasteiger partial charge >= 0.3 is 0 Å². The zero-order valence-corrected chi connectivity index (χ0v) is 13.4. The summed E-state index contributed by atoms with van der Waals surface area (Å²) in [6.45, 7) is 0.352. The number of nitrogens with zero attached hydrogens (tertiary/aromatic N) is 1. The molecule has 2 heterocycles. The summed E-state index contributed by atoms with van der Waals surface area (Å²) < 4.78 is 5.20. The molecule has 120 valence electrons. The van der Waals surface area contributed by atoms with E-state index < -0.39 is 6.10 Å². The molecule has 0 saturated heterocycles. The van der Waals surface area contributed by atoms with Crippen molar-refractivity contribution in [2.75, 3.05) is 0 Å². The SMILES string of the molecule is N#Cc1cccc(C(=O)NCc2ccc(C(O)c3ccco3)s2)c1. The lowest BCUT2D eigenvalue weighted by Crippen LogP contribution is -2.22. The van der Waals surface area contributed by atoms with Crippen molar-refractivity contribution in [3.63, 3.8) is 0 Å². The summed E-state index contributed by atoms with van der Waals surface area (Å²) in [4.78, 5) is 13.8. The van der Waals surface area contributed by atoms with Crippen LogP contribution in [0.4, 0.5) is 0 Å². The van der Waals surface area contributed by atoms with E-state index in [1.807, 2.05) is 18.2 Å². The van der Waals surface area contributed by atoms with Gasteiger partial charge in [-0.15, -0.1) is 11.3 Å². The number of hydrogen-bond donors (Lipinski definition) is 2. The lowest BCUT2D eigenvalue weighted by atomic mass is 10.1. The van der Waals surface area contributed by atoms with Crippen LogP contribution in [0.25, 0.3) is 0 Å². The summed E-state index contributed by atoms with van der Waals surface area (Å²) in [5.41, 5.74) is 0.893. The maximum Gasteiger partial charge on any atom is 0.251 e. The summed E-state index contributed by atoms with van der Waals surface area (Å²) in [6, 6.07) is 15.7. The Morgan fingerprint density at radius 2 is 2.17 bits per heavy atom. The van der Waals surface area contributed by atoms with Crippen molar-refractivity contribution in [1.29, 1.82) is 5.26 Å². The smallest absolute Gasteiger partial charge is 0.251 e. The Balaban J connectivity index is 1.63. The van der Waals surface area contributed by atoms with Gasteiger partial charge in [-0.2, -0.15) is 5.26 Å². The van der Waals surface area contributed by atoms with E-state index in [-0.39, 0.29) is 5.91 Å². The number of hydrogen-bond acceptors (Lipinski definition) is 5. The van der Waals surface area contributed by atoms with E-state index in [9.17, 15) is 9.90 Å². The zero-order valence-electron chi connectivity index (χ0n) is 12.6. The molecule has 0 fully saturated rings. The third-order valence-electron chi connectivity index (χ3n) is 3.44. The topological polar surface area (TPSA) is 86.3 Å². The molecule has 1 atom stereocenters. The van der Waals surface area contributed by atoms with Gasteiger partial charge in [0, 0.05) is 15.3 Å². The van der Waals surface area contributed by atoms with E-state index >= 15 is 0 Å². The highest BCUT2D eigenvalue weighted by Crippen LogP contribution is 2.28. The quantitative estimate of drug-likeness (QED) is 0.748. The van der Waals surface area contributed by atoms with Crippen LogP contribution in [-0.2, 0) is 6.54 Å². The molecule has 0 aliphatic heterocycles. The van der Waals surface area contributed by atoms with Gasteiger partial charge in [0.15, 0.2) is 0 Å². The molecule has 2 aromatic heterocycles. The molecule has 0 aliphatic carbocycles. The van der Waals surface area contributed by atoms with Crippen molar-refractivity contribution >= 4 is 17.2 Å². The van der Waals surface area contributed by atoms with Gasteiger partial charge in [-0.1, -0.05) is 6.07 Å². The second-order valence-electron chi connectivity index (χ2n) is 5.10. The third kappa shape index (κ3) is 3.54. The number of carbonyl (C=O) groups excluding carboxylic acids is 1. The minimum atomic E-state index is -0.804. The standard InChI is InChI=1S/C18H14N2O3S/c19-10-12-3-1-4-13(9-12)18(22)20-11-14-6-7-16(24-14)17(21)15-5-2-8-23-15/h1-9,17,21H,11H2,(H,20,22). The minimum absolute atomic E-state index is 0.242. The summed E-state index contributed by atoms with van der Waals surface area (Å²) in [6.07, 6.45) is 0.713. The van der Waals surface area contributed by atoms with E-state index in [0.717, 1.165) is 9.75 Å². The Labute approximate surface area is 142 Å². The van der Waals surface area contributed by atoms with Crippen molar-refractivity contribution in [1.82, 2.24) is 5.32 Å². The lowest BCUT2D eigenvalue weighted by Gasteiger charge is -2.05. The molecule has 6 heteroatoms. The molecule has 0 radical (unpaired) electrons. The summed E-state index contributed by atoms with van der Waals surface area (Å²) in [5, 5.41) is 21.9. The van der Waals surface area contributed by atoms with Crippen molar-refractivity contribution in [2.24, 2.45) is 0 Å². The predicted octanol–water partition coefficient (Wildman–Crippen LogP) is 3.22. The number of carbonyl (C=O) groups is 1. The number of aliphatic hydroxyl groups is 1. The molecule has 3 aromatic rings. The third-order valence-corrected chi connectivity index (χ3v) is 4.58. The van der Waals surface area contributed by atoms with Crippen molar-refractivity contribution in [3.8, 4) is 6.07 Å². The lowest BCUT2D eigenvalue weighted by molar-refractivity contribution is 0.0951. The number of aliphatic hydroxyl groups excluding tert-OH is 1. The molecule has 3 rings (SSSR count). The monoisotopic (exact) mass is 338 g/mol. The molecular weight excluding hydrogens is 324 g/mol. The Bertz CT molecular complexity index is 878. The fourth-order valence-corrected chi connectivity index (χ4v) is 3.17. The van der Waals surface area contributed by atoms with Crippen LogP contribution in [0.3, 0.4) is 0 Å². The van der Waals surface area contributed by atoms with Crippen LogP contribution in [-0.4, -0.2) is 11.0 Å². The number of amides is 1. The van der Waals surface area contributed by atoms with Gasteiger partial charge < -0.3 is 14.8 Å². The van der Waals surface area contributed by atoms with E-state index in [0.29, 0.717) is 23.4 Å². The van der Waals surface area contributed by atoms with Gasteiger partial charge in [0.25, 0.3) is 5.91 Å². The van der Waals surface area contributed by atoms with E-state index in [2.05, 4.69) is 5.32 Å². The van der Waals surface area contributed by atoms with E-state index in [4.69, 9.17) is 9.68 Å². The van der Waals surface area contributed by atoms with Crippen LogP contribution in [0.15, 0.2) is 59.2 Å². The van der Waals surface area contributed by atoms with Crippen LogP contribution in [0, 0.1) is 11.3 Å². The van der Waals surface area contributed by atoms with Crippen LogP contribution in [0.1, 0.15) is 37.5 Å². The first-order valence-corrected chi connectivity index (χ1v) is 8.07. The zero-order chi connectivity index (χ0) is 16.9. The molecule has 1 unspecified atom stereocenters. The van der Waals surface area contributed by atoms with Gasteiger partial charge in [-0.05, 0) is 42.5 Å². The van der Waals surface area contributed by atoms with Gasteiger partial charge in [0.1, 0.15) is 11.9 Å². The fraction of sp³-hybridized carbons (Fsp3) is 0.111. The molecule has 0 spiro atoms. The molecule has 1 aromatic carbocycles. The normalized spacial score (nSPS) is 11.7. The second kappa shape index (κ2) is 7.13. The highest BCUT2D eigenvalue weighted by atomic mass is 32.1. The van der Waals surface area contributed by atoms with Gasteiger partial charge in [-0.25, -0.2) is 0 Å². The first kappa shape index (κ1) is 16.0. The fourth-order valence-electron chi connectivity index (χ4n) is 2.22. The van der Waals surface area contributed by atoms with Crippen LogP contribution in [0.5, 0.6) is 0 Å². The average molecular weight is 338 g/mol. The number of benzene rings is 1. The molecular formula is C18H14N2O3S. The molecule has 24 heavy (non-hydrogen) atoms. The Hall–Kier alpha value is -2.88. The molecule has 5 nitrogen and oxygen atoms in total. The maximum absolute atomic E-state index is 12.1. The molecule has 1 amide bonds. The second-order valence-corrected chi connectivity index (χ2v) is 6.30. The largest absolute Gasteiger partial charge is 0.466 e. The highest BCUT2D eigenvalue weighted by molar-refractivity contribution is 7.12. The van der Waals surface area contributed by atoms with Crippen LogP contribution < -0.4 is 5.32 Å². The first-order valence-electron chi connectivity index (χ1n) is 7.26. The number of furan rings is 1. The van der Waals surface area contributed by atoms with Gasteiger partial charge in [0.2, 0.25) is 0 Å². The van der Waals surface area contributed by atoms with Crippen LogP contribution >= 0.6 is 11.3 Å². The number of thiophene rings is 1. The van der Waals surface area contributed by atoms with Gasteiger partial charge in [0.05, 0.1) is 24.4 Å². The summed E-state index contributed by atoms with van der Waals surface area (Å²) in [7, 11) is 0. The Morgan fingerprint density at radius 1 is 1.29 bits per heavy atom. The average Bonchev–Trinajstić information content (AvgIpc) is 3.31. The molecule has 2 N–H and O–H groups in total. The van der Waals surface area contributed by atoms with Crippen molar-refractivity contribution in [2.45, 2.75) is 12.6 Å². The summed E-state index contributed by atoms with van der Waals surface area (Å²) in [5.74, 6) is 0.245. The van der Waals surface area contributed by atoms with E-state index in [1.165, 1.54) is 17.6 Å². The van der Waals surface area contributed by atoms with E-state index in [1.54, 1.807) is 36.4 Å². The minimum Gasteiger partial charge on any atom is -0.466 e. The maximum atomic E-state index is 12.1. The molecule has 0 saturated carbocycles. The van der Waals surface area contributed by atoms with Crippen LogP contribution in [0.2, 0.25) is 0 Å². The number of rotatable bonds is 5. The Kier molecular flexibility index (Phi) is 4.75. The first-order chi connectivity index (χ1) is 11.7. The Morgan fingerprint density at radius 3 is 2.92 bits per heavy atom. The van der Waals surface area contributed by atoms with Gasteiger partial charge in [-0.3, -0.25) is 4.79 Å². The number of nitriles is 1.